The molecule has 5 rings (SSSR count). The van der Waals surface area contributed by atoms with Gasteiger partial charge in [0.2, 0.25) is 0 Å². The Hall–Kier alpha value is -4.29. The highest BCUT2D eigenvalue weighted by atomic mass is 31.2. The maximum atomic E-state index is 14.9. The molecule has 1 aliphatic heterocycles. The molecule has 14 heteroatoms. The monoisotopic (exact) mass is 646 g/mol. The molecule has 0 aromatic heterocycles. The van der Waals surface area contributed by atoms with Crippen LogP contribution in [0.25, 0.3) is 0 Å². The Morgan fingerprint density at radius 3 is 1.87 bits per heavy atom. The molecule has 7 nitrogen and oxygen atoms in total. The lowest BCUT2D eigenvalue weighted by atomic mass is 10.0. The smallest absolute Gasteiger partial charge is 0.416 e. The molecule has 1 heterocycles. The van der Waals surface area contributed by atoms with Gasteiger partial charge in [-0.05, 0) is 35.9 Å². The predicted molar refractivity (Wildman–Crippen MR) is 157 cm³/mol. The second-order valence-electron chi connectivity index (χ2n) is 10.3. The molecule has 45 heavy (non-hydrogen) atoms. The summed E-state index contributed by atoms with van der Waals surface area (Å²) >= 11 is 0. The Labute approximate surface area is 253 Å². The van der Waals surface area contributed by atoms with E-state index in [1.165, 1.54) is 11.1 Å². The highest BCUT2D eigenvalue weighted by Gasteiger charge is 2.38. The summed E-state index contributed by atoms with van der Waals surface area (Å²) in [6.07, 6.45) is -9.99. The maximum Gasteiger partial charge on any atom is 0.416 e. The van der Waals surface area contributed by atoms with Crippen LogP contribution in [0.2, 0.25) is 0 Å². The molecule has 0 radical (unpaired) electrons. The van der Waals surface area contributed by atoms with Gasteiger partial charge in [-0.2, -0.15) is 36.5 Å². The molecule has 4 aromatic rings. The van der Waals surface area contributed by atoms with Crippen LogP contribution >= 0.6 is 7.14 Å². The van der Waals surface area contributed by atoms with Crippen molar-refractivity contribution in [1.82, 2.24) is 10.5 Å². The van der Waals surface area contributed by atoms with Gasteiger partial charge in [-0.15, -0.1) is 0 Å². The summed E-state index contributed by atoms with van der Waals surface area (Å²) in [5, 5.41) is 18.6. The third-order valence-electron chi connectivity index (χ3n) is 7.09. The molecule has 1 unspecified atom stereocenters. The molecule has 0 saturated heterocycles. The number of amides is 1. The Morgan fingerprint density at radius 2 is 1.33 bits per heavy atom. The van der Waals surface area contributed by atoms with E-state index in [9.17, 15) is 40.9 Å². The van der Waals surface area contributed by atoms with Gasteiger partial charge in [-0.3, -0.25) is 0 Å². The van der Waals surface area contributed by atoms with Gasteiger partial charge in [0, 0.05) is 22.5 Å². The minimum atomic E-state index is -5.00. The topological polar surface area (TPSA) is 89.3 Å². The quantitative estimate of drug-likeness (QED) is 0.170. The van der Waals surface area contributed by atoms with Crippen LogP contribution in [0.1, 0.15) is 27.0 Å². The number of hydrogen-bond acceptors (Lipinski definition) is 6. The zero-order chi connectivity index (χ0) is 32.4. The van der Waals surface area contributed by atoms with Gasteiger partial charge >= 0.3 is 18.3 Å². The van der Waals surface area contributed by atoms with Crippen molar-refractivity contribution < 1.29 is 40.8 Å². The highest BCUT2D eigenvalue weighted by molar-refractivity contribution is 7.85. The number of halogens is 6. The summed E-state index contributed by atoms with van der Waals surface area (Å²) in [5.41, 5.74) is -0.603. The minimum Gasteiger partial charge on any atom is -0.626 e. The number of carbonyl (C=O) groups is 1. The van der Waals surface area contributed by atoms with Crippen molar-refractivity contribution in [1.29, 1.82) is 0 Å². The van der Waals surface area contributed by atoms with Gasteiger partial charge in [0.05, 0.1) is 23.2 Å². The summed E-state index contributed by atoms with van der Waals surface area (Å²) in [5.74, 6) is -0.911. The first-order valence-corrected chi connectivity index (χ1v) is 15.2. The molecule has 234 valence electrons. The van der Waals surface area contributed by atoms with Gasteiger partial charge in [-0.25, -0.2) is 10.3 Å². The summed E-state index contributed by atoms with van der Waals surface area (Å²) < 4.78 is 94.4. The molecule has 0 saturated carbocycles. The van der Waals surface area contributed by atoms with E-state index in [0.29, 0.717) is 22.7 Å². The van der Waals surface area contributed by atoms with Crippen LogP contribution in [0.5, 0.6) is 0 Å². The fourth-order valence-electron chi connectivity index (χ4n) is 5.01. The lowest BCUT2D eigenvalue weighted by Crippen LogP contribution is -3.11. The molecule has 0 bridgehead atoms. The molecule has 0 aliphatic carbocycles. The Bertz CT molecular complexity index is 1690. The van der Waals surface area contributed by atoms with Gasteiger partial charge in [-0.1, -0.05) is 72.8 Å². The lowest BCUT2D eigenvalue weighted by Gasteiger charge is -2.25. The molecular weight excluding hydrogens is 621 g/mol. The van der Waals surface area contributed by atoms with Gasteiger partial charge < -0.3 is 14.8 Å². The summed E-state index contributed by atoms with van der Waals surface area (Å²) in [4.78, 5) is 13.5. The molecule has 1 amide bonds. The van der Waals surface area contributed by atoms with Gasteiger partial charge in [0.25, 0.3) is 0 Å². The van der Waals surface area contributed by atoms with E-state index in [1.807, 2.05) is 0 Å². The van der Waals surface area contributed by atoms with Crippen LogP contribution in [0, 0.1) is 5.21 Å². The number of hydrazone groups is 1. The first-order chi connectivity index (χ1) is 21.3. The molecule has 2 N–H and O–H groups in total. The van der Waals surface area contributed by atoms with Crippen molar-refractivity contribution in [3.8, 4) is 0 Å². The van der Waals surface area contributed by atoms with E-state index in [2.05, 4.69) is 10.6 Å². The van der Waals surface area contributed by atoms with Crippen LogP contribution in [0.15, 0.2) is 108 Å². The average Bonchev–Trinajstić information content (AvgIpc) is 3.46. The fourth-order valence-corrected chi connectivity index (χ4v) is 7.86. The lowest BCUT2D eigenvalue weighted by molar-refractivity contribution is -0.746. The second-order valence-corrected chi connectivity index (χ2v) is 13.0. The van der Waals surface area contributed by atoms with Crippen molar-refractivity contribution in [2.24, 2.45) is 5.10 Å². The fraction of sp³-hybridized carbons (Fsp3) is 0.161. The molecule has 0 fully saturated rings. The zero-order valence-corrected chi connectivity index (χ0v) is 24.2. The number of nitrogens with zero attached hydrogens (tertiary/aromatic N) is 2. The normalized spacial score (nSPS) is 15.0. The molecule has 0 spiro atoms. The van der Waals surface area contributed by atoms with E-state index in [0.717, 1.165) is 0 Å². The Morgan fingerprint density at radius 1 is 0.822 bits per heavy atom. The first kappa shape index (κ1) is 32.1. The number of hydroxylamine groups is 2. The molecule has 1 atom stereocenters. The third-order valence-corrected chi connectivity index (χ3v) is 10.2. The van der Waals surface area contributed by atoms with Crippen molar-refractivity contribution in [2.45, 2.75) is 18.9 Å². The second kappa shape index (κ2) is 12.6. The van der Waals surface area contributed by atoms with E-state index in [1.54, 1.807) is 78.9 Å². The Balaban J connectivity index is 1.35. The molecule has 4 aromatic carbocycles. The summed E-state index contributed by atoms with van der Waals surface area (Å²) in [6, 6.07) is 24.6. The maximum absolute atomic E-state index is 14.9. The first-order valence-electron chi connectivity index (χ1n) is 13.5. The minimum absolute atomic E-state index is 0.0411. The third kappa shape index (κ3) is 7.02. The summed E-state index contributed by atoms with van der Waals surface area (Å²) in [6.45, 7) is -1.03. The van der Waals surface area contributed by atoms with Crippen LogP contribution in [0.3, 0.4) is 0 Å². The van der Waals surface area contributed by atoms with Crippen LogP contribution < -0.4 is 26.5 Å². The van der Waals surface area contributed by atoms with E-state index in [4.69, 9.17) is 0 Å². The number of quaternary nitrogens is 1. The van der Waals surface area contributed by atoms with E-state index < -0.39 is 54.7 Å². The molecule has 1 aliphatic rings. The standard InChI is InChI=1S/C31H25F6N4O3P/c32-30(33,34)22-15-21(16-23(17-22)31(35,36)37)18-40-19-24(38-39-40)20-41(43)29(42)27-13-7-8-14-28(27)45(44,25-9-3-1-4-10-25)26-11-5-2-6-12-26/h1-17,39,41H,18-20H2. The molecular formula is C31H25F6N4O3P. The average molecular weight is 647 g/mol. The largest absolute Gasteiger partial charge is 0.626 e. The van der Waals surface area contributed by atoms with E-state index >= 15 is 0 Å². The van der Waals surface area contributed by atoms with Gasteiger partial charge in [0.1, 0.15) is 12.3 Å². The number of hydrogen-bond donors (Lipinski definition) is 2. The number of carbonyl (C=O) groups excluding carboxylic acids is 1. The van der Waals surface area contributed by atoms with Crippen molar-refractivity contribution in [2.75, 3.05) is 13.1 Å². The van der Waals surface area contributed by atoms with Crippen molar-refractivity contribution in [3.63, 3.8) is 0 Å². The summed E-state index contributed by atoms with van der Waals surface area (Å²) in [7, 11) is -3.61. The number of alkyl halides is 6. The number of benzene rings is 4. The number of nitrogens with one attached hydrogen (secondary N) is 2. The van der Waals surface area contributed by atoms with Gasteiger partial charge in [0.15, 0.2) is 7.14 Å². The van der Waals surface area contributed by atoms with Crippen molar-refractivity contribution in [3.05, 3.63) is 131 Å². The number of hydrazine groups is 1. The van der Waals surface area contributed by atoms with Crippen LogP contribution in [-0.2, 0) is 23.5 Å². The van der Waals surface area contributed by atoms with E-state index in [-0.39, 0.29) is 34.8 Å². The highest BCUT2D eigenvalue weighted by Crippen LogP contribution is 2.43. The number of rotatable bonds is 8. The van der Waals surface area contributed by atoms with Crippen LogP contribution in [-0.4, -0.2) is 29.7 Å². The predicted octanol–water partition coefficient (Wildman–Crippen LogP) is 4.26. The van der Waals surface area contributed by atoms with Crippen LogP contribution in [0.4, 0.5) is 26.3 Å². The SMILES string of the molecule is O=C(c1ccccc1P(=O)(c1ccccc1)c1ccccc1)[NH+]([O-])CC1=NNN(Cc2cc(C(F)(F)F)cc(C(F)(F)F)c2)C1. The Kier molecular flexibility index (Phi) is 8.99. The zero-order valence-electron chi connectivity index (χ0n) is 23.3. The van der Waals surface area contributed by atoms with Crippen molar-refractivity contribution >= 4 is 34.7 Å².